The summed E-state index contributed by atoms with van der Waals surface area (Å²) in [5.41, 5.74) is 4.52. The van der Waals surface area contributed by atoms with E-state index in [0.29, 0.717) is 0 Å². The largest absolute Gasteiger partial charge is 0.346 e. The summed E-state index contributed by atoms with van der Waals surface area (Å²) in [4.78, 5) is 4.54. The molecule has 0 unspecified atom stereocenters. The van der Waals surface area contributed by atoms with Crippen molar-refractivity contribution in [3.8, 4) is 0 Å². The van der Waals surface area contributed by atoms with E-state index < -0.39 is 0 Å². The highest BCUT2D eigenvalue weighted by Gasteiger charge is 2.19. The summed E-state index contributed by atoms with van der Waals surface area (Å²) in [7, 11) is 0. The average molecular weight is 357 g/mol. The molecule has 1 aliphatic rings. The SMILES string of the molecule is Cc1cc(C)cc(NC(=S)N2CCN(Cc3cccc(F)c3)CC2)c1. The van der Waals surface area contributed by atoms with E-state index in [9.17, 15) is 4.39 Å². The fourth-order valence-electron chi connectivity index (χ4n) is 3.25. The number of nitrogens with one attached hydrogen (secondary N) is 1. The van der Waals surface area contributed by atoms with Crippen LogP contribution in [0, 0.1) is 19.7 Å². The smallest absolute Gasteiger partial charge is 0.173 e. The minimum Gasteiger partial charge on any atom is -0.346 e. The third-order valence-electron chi connectivity index (χ3n) is 4.43. The van der Waals surface area contributed by atoms with E-state index in [0.717, 1.165) is 49.1 Å². The second kappa shape index (κ2) is 7.93. The molecule has 1 aliphatic heterocycles. The normalized spacial score (nSPS) is 15.2. The Bertz CT molecular complexity index is 734. The zero-order valence-corrected chi connectivity index (χ0v) is 15.6. The topological polar surface area (TPSA) is 18.5 Å². The molecule has 2 aromatic carbocycles. The maximum atomic E-state index is 13.3. The number of thiocarbonyl (C=S) groups is 1. The third kappa shape index (κ3) is 5.00. The first kappa shape index (κ1) is 17.8. The van der Waals surface area contributed by atoms with E-state index in [1.165, 1.54) is 17.2 Å². The van der Waals surface area contributed by atoms with E-state index in [4.69, 9.17) is 12.2 Å². The minimum atomic E-state index is -0.171. The summed E-state index contributed by atoms with van der Waals surface area (Å²) < 4.78 is 13.3. The van der Waals surface area contributed by atoms with E-state index in [1.54, 1.807) is 12.1 Å². The van der Waals surface area contributed by atoms with Crippen molar-refractivity contribution in [1.29, 1.82) is 0 Å². The molecule has 0 radical (unpaired) electrons. The maximum Gasteiger partial charge on any atom is 0.173 e. The predicted molar refractivity (Wildman–Crippen MR) is 105 cm³/mol. The van der Waals surface area contributed by atoms with Crippen LogP contribution in [0.25, 0.3) is 0 Å². The number of aryl methyl sites for hydroxylation is 2. The highest BCUT2D eigenvalue weighted by Crippen LogP contribution is 2.16. The van der Waals surface area contributed by atoms with Gasteiger partial charge in [0.05, 0.1) is 0 Å². The number of nitrogens with zero attached hydrogens (tertiary/aromatic N) is 2. The molecule has 0 atom stereocenters. The third-order valence-corrected chi connectivity index (χ3v) is 4.79. The molecule has 1 heterocycles. The summed E-state index contributed by atoms with van der Waals surface area (Å²) in [6.45, 7) is 8.57. The first-order valence-electron chi connectivity index (χ1n) is 8.60. The van der Waals surface area contributed by atoms with Gasteiger partial charge >= 0.3 is 0 Å². The summed E-state index contributed by atoms with van der Waals surface area (Å²) in [5, 5.41) is 4.13. The summed E-state index contributed by atoms with van der Waals surface area (Å²) >= 11 is 5.57. The quantitative estimate of drug-likeness (QED) is 0.838. The Morgan fingerprint density at radius 1 is 1.04 bits per heavy atom. The summed E-state index contributed by atoms with van der Waals surface area (Å²) in [5.74, 6) is -0.171. The van der Waals surface area contributed by atoms with Gasteiger partial charge in [-0.05, 0) is 67.0 Å². The zero-order chi connectivity index (χ0) is 17.8. The van der Waals surface area contributed by atoms with Crippen LogP contribution in [0.1, 0.15) is 16.7 Å². The second-order valence-corrected chi connectivity index (χ2v) is 7.09. The van der Waals surface area contributed by atoms with Gasteiger partial charge in [0.1, 0.15) is 5.82 Å². The predicted octanol–water partition coefficient (Wildman–Crippen LogP) is 3.96. The van der Waals surface area contributed by atoms with Crippen molar-refractivity contribution in [3.63, 3.8) is 0 Å². The molecule has 1 fully saturated rings. The van der Waals surface area contributed by atoms with Crippen molar-refractivity contribution in [2.75, 3.05) is 31.5 Å². The number of hydrogen-bond acceptors (Lipinski definition) is 2. The van der Waals surface area contributed by atoms with Gasteiger partial charge in [-0.25, -0.2) is 4.39 Å². The van der Waals surface area contributed by atoms with Gasteiger partial charge in [0.2, 0.25) is 0 Å². The Balaban J connectivity index is 1.52. The molecule has 0 aliphatic carbocycles. The molecule has 1 N–H and O–H groups in total. The van der Waals surface area contributed by atoms with Gasteiger partial charge in [0, 0.05) is 38.4 Å². The lowest BCUT2D eigenvalue weighted by atomic mass is 10.1. The van der Waals surface area contributed by atoms with Crippen LogP contribution in [-0.4, -0.2) is 41.1 Å². The fourth-order valence-corrected chi connectivity index (χ4v) is 3.55. The van der Waals surface area contributed by atoms with Crippen molar-refractivity contribution in [1.82, 2.24) is 9.80 Å². The van der Waals surface area contributed by atoms with Crippen molar-refractivity contribution in [2.24, 2.45) is 0 Å². The number of rotatable bonds is 3. The van der Waals surface area contributed by atoms with E-state index in [2.05, 4.69) is 47.2 Å². The van der Waals surface area contributed by atoms with Crippen LogP contribution in [0.15, 0.2) is 42.5 Å². The molecule has 3 rings (SSSR count). The highest BCUT2D eigenvalue weighted by molar-refractivity contribution is 7.80. The molecule has 25 heavy (non-hydrogen) atoms. The van der Waals surface area contributed by atoms with Gasteiger partial charge in [-0.1, -0.05) is 18.2 Å². The molecule has 0 saturated carbocycles. The minimum absolute atomic E-state index is 0.171. The second-order valence-electron chi connectivity index (χ2n) is 6.70. The maximum absolute atomic E-state index is 13.3. The van der Waals surface area contributed by atoms with Gasteiger partial charge in [0.15, 0.2) is 5.11 Å². The van der Waals surface area contributed by atoms with E-state index >= 15 is 0 Å². The fraction of sp³-hybridized carbons (Fsp3) is 0.350. The Hall–Kier alpha value is -1.98. The molecule has 0 bridgehead atoms. The molecule has 3 nitrogen and oxygen atoms in total. The van der Waals surface area contributed by atoms with Crippen molar-refractivity contribution >= 4 is 23.0 Å². The molecule has 0 spiro atoms. The molecular formula is C20H24FN3S. The Kier molecular flexibility index (Phi) is 5.66. The van der Waals surface area contributed by atoms with Crippen LogP contribution in [0.4, 0.5) is 10.1 Å². The van der Waals surface area contributed by atoms with Gasteiger partial charge in [-0.3, -0.25) is 4.90 Å². The van der Waals surface area contributed by atoms with Gasteiger partial charge < -0.3 is 10.2 Å². The number of benzene rings is 2. The van der Waals surface area contributed by atoms with Gasteiger partial charge in [-0.15, -0.1) is 0 Å². The lowest BCUT2D eigenvalue weighted by Gasteiger charge is -2.36. The van der Waals surface area contributed by atoms with Crippen LogP contribution in [0.5, 0.6) is 0 Å². The number of hydrogen-bond donors (Lipinski definition) is 1. The van der Waals surface area contributed by atoms with Crippen molar-refractivity contribution in [3.05, 3.63) is 65.0 Å². The Morgan fingerprint density at radius 3 is 2.36 bits per heavy atom. The molecule has 5 heteroatoms. The molecular weight excluding hydrogens is 333 g/mol. The van der Waals surface area contributed by atoms with E-state index in [1.807, 2.05) is 6.07 Å². The molecule has 2 aromatic rings. The summed E-state index contributed by atoms with van der Waals surface area (Å²) in [6, 6.07) is 13.2. The Labute approximate surface area is 154 Å². The van der Waals surface area contributed by atoms with Crippen LogP contribution in [0.2, 0.25) is 0 Å². The monoisotopic (exact) mass is 357 g/mol. The first-order valence-corrected chi connectivity index (χ1v) is 9.01. The van der Waals surface area contributed by atoms with Gasteiger partial charge in [0.25, 0.3) is 0 Å². The van der Waals surface area contributed by atoms with E-state index in [-0.39, 0.29) is 5.82 Å². The van der Waals surface area contributed by atoms with Crippen molar-refractivity contribution < 1.29 is 4.39 Å². The van der Waals surface area contributed by atoms with Crippen LogP contribution in [0.3, 0.4) is 0 Å². The van der Waals surface area contributed by atoms with Crippen LogP contribution < -0.4 is 5.32 Å². The van der Waals surface area contributed by atoms with Crippen LogP contribution >= 0.6 is 12.2 Å². The lowest BCUT2D eigenvalue weighted by Crippen LogP contribution is -2.49. The highest BCUT2D eigenvalue weighted by atomic mass is 32.1. The zero-order valence-electron chi connectivity index (χ0n) is 14.8. The molecule has 1 saturated heterocycles. The molecule has 132 valence electrons. The van der Waals surface area contributed by atoms with Crippen molar-refractivity contribution in [2.45, 2.75) is 20.4 Å². The molecule has 0 aromatic heterocycles. The van der Waals surface area contributed by atoms with Crippen LogP contribution in [-0.2, 0) is 6.54 Å². The first-order chi connectivity index (χ1) is 12.0. The summed E-state index contributed by atoms with van der Waals surface area (Å²) in [6.07, 6.45) is 0. The molecule has 0 amide bonds. The number of halogens is 1. The van der Waals surface area contributed by atoms with Gasteiger partial charge in [-0.2, -0.15) is 0 Å². The standard InChI is InChI=1S/C20H24FN3S/c1-15-10-16(2)12-19(11-15)22-20(25)24-8-6-23(7-9-24)14-17-4-3-5-18(21)13-17/h3-5,10-13H,6-9,14H2,1-2H3,(H,22,25). The Morgan fingerprint density at radius 2 is 1.72 bits per heavy atom. The lowest BCUT2D eigenvalue weighted by molar-refractivity contribution is 0.177. The number of anilines is 1. The average Bonchev–Trinajstić information content (AvgIpc) is 2.54. The number of piperazine rings is 1.